The molecule has 2 rings (SSSR count). The summed E-state index contributed by atoms with van der Waals surface area (Å²) in [5, 5.41) is 17.7. The summed E-state index contributed by atoms with van der Waals surface area (Å²) in [5.41, 5.74) is 3.13. The highest BCUT2D eigenvalue weighted by Gasteiger charge is 2.11. The van der Waals surface area contributed by atoms with Crippen molar-refractivity contribution < 1.29 is 10.0 Å². The highest BCUT2D eigenvalue weighted by Crippen LogP contribution is 2.14. The topological polar surface area (TPSA) is 53.4 Å². The van der Waals surface area contributed by atoms with E-state index in [1.165, 1.54) is 11.3 Å². The number of fused-ring (bicyclic) bond motifs is 1. The summed E-state index contributed by atoms with van der Waals surface area (Å²) >= 11 is 1.49. The van der Waals surface area contributed by atoms with Crippen molar-refractivity contribution in [3.05, 3.63) is 23.7 Å². The molecule has 0 aliphatic heterocycles. The van der Waals surface area contributed by atoms with Gasteiger partial charge in [0.1, 0.15) is 0 Å². The lowest BCUT2D eigenvalue weighted by molar-refractivity contribution is 0.426. The Labute approximate surface area is 73.5 Å². The van der Waals surface area contributed by atoms with Gasteiger partial charge >= 0.3 is 7.12 Å². The first-order valence-electron chi connectivity index (χ1n) is 3.46. The van der Waals surface area contributed by atoms with E-state index in [0.717, 1.165) is 10.2 Å². The average Bonchev–Trinajstić information content (AvgIpc) is 2.49. The second-order valence-electron chi connectivity index (χ2n) is 2.45. The van der Waals surface area contributed by atoms with Gasteiger partial charge in [-0.15, -0.1) is 11.3 Å². The molecule has 0 unspecified atom stereocenters. The maximum Gasteiger partial charge on any atom is 0.488 e. The third kappa shape index (κ3) is 1.22. The molecule has 0 bridgehead atoms. The van der Waals surface area contributed by atoms with Crippen molar-refractivity contribution in [1.82, 2.24) is 4.98 Å². The van der Waals surface area contributed by atoms with Gasteiger partial charge in [0, 0.05) is 0 Å². The molecule has 1 aromatic carbocycles. The highest BCUT2D eigenvalue weighted by molar-refractivity contribution is 7.16. The summed E-state index contributed by atoms with van der Waals surface area (Å²) in [6.45, 7) is 0. The molecule has 0 amide bonds. The Morgan fingerprint density at radius 2 is 2.17 bits per heavy atom. The van der Waals surface area contributed by atoms with Crippen molar-refractivity contribution in [2.75, 3.05) is 0 Å². The number of rotatable bonds is 1. The molecule has 0 radical (unpaired) electrons. The average molecular weight is 179 g/mol. The van der Waals surface area contributed by atoms with Crippen LogP contribution >= 0.6 is 11.3 Å². The van der Waals surface area contributed by atoms with Gasteiger partial charge in [-0.25, -0.2) is 4.98 Å². The summed E-state index contributed by atoms with van der Waals surface area (Å²) in [6, 6.07) is 5.17. The van der Waals surface area contributed by atoms with E-state index in [9.17, 15) is 0 Å². The van der Waals surface area contributed by atoms with Gasteiger partial charge in [0.15, 0.2) is 0 Å². The van der Waals surface area contributed by atoms with E-state index >= 15 is 0 Å². The van der Waals surface area contributed by atoms with Gasteiger partial charge in [0.05, 0.1) is 15.7 Å². The molecule has 1 aromatic heterocycles. The van der Waals surface area contributed by atoms with E-state index in [-0.39, 0.29) is 0 Å². The molecule has 0 spiro atoms. The SMILES string of the molecule is OB(O)c1ccc2ncsc2c1. The van der Waals surface area contributed by atoms with Crippen molar-refractivity contribution in [2.45, 2.75) is 0 Å². The lowest BCUT2D eigenvalue weighted by Crippen LogP contribution is -2.29. The second kappa shape index (κ2) is 2.86. The van der Waals surface area contributed by atoms with E-state index < -0.39 is 7.12 Å². The van der Waals surface area contributed by atoms with Crippen molar-refractivity contribution in [1.29, 1.82) is 0 Å². The molecule has 0 saturated carbocycles. The lowest BCUT2D eigenvalue weighted by Gasteiger charge is -1.96. The first-order valence-corrected chi connectivity index (χ1v) is 4.34. The summed E-state index contributed by atoms with van der Waals surface area (Å²) in [5.74, 6) is 0. The molecule has 0 aliphatic carbocycles. The van der Waals surface area contributed by atoms with E-state index in [4.69, 9.17) is 10.0 Å². The molecular weight excluding hydrogens is 173 g/mol. The van der Waals surface area contributed by atoms with Gasteiger partial charge in [-0.2, -0.15) is 0 Å². The number of benzene rings is 1. The minimum absolute atomic E-state index is 0.506. The first kappa shape index (κ1) is 7.73. The Kier molecular flexibility index (Phi) is 1.84. The summed E-state index contributed by atoms with van der Waals surface area (Å²) in [6.07, 6.45) is 0. The summed E-state index contributed by atoms with van der Waals surface area (Å²) < 4.78 is 0.973. The Morgan fingerprint density at radius 3 is 2.92 bits per heavy atom. The van der Waals surface area contributed by atoms with Gasteiger partial charge in [0.2, 0.25) is 0 Å². The Balaban J connectivity index is 2.60. The molecule has 0 atom stereocenters. The predicted octanol–water partition coefficient (Wildman–Crippen LogP) is -0.0239. The Morgan fingerprint density at radius 1 is 1.33 bits per heavy atom. The van der Waals surface area contributed by atoms with Gasteiger partial charge in [0.25, 0.3) is 0 Å². The van der Waals surface area contributed by atoms with Crippen LogP contribution in [-0.4, -0.2) is 22.2 Å². The zero-order valence-corrected chi connectivity index (χ0v) is 6.95. The smallest absolute Gasteiger partial charge is 0.423 e. The summed E-state index contributed by atoms with van der Waals surface area (Å²) in [7, 11) is -1.39. The number of aromatic nitrogens is 1. The van der Waals surface area contributed by atoms with Crippen LogP contribution in [0.3, 0.4) is 0 Å². The number of hydrogen-bond donors (Lipinski definition) is 2. The molecule has 0 aliphatic rings. The van der Waals surface area contributed by atoms with Crippen LogP contribution in [0.15, 0.2) is 23.7 Å². The zero-order valence-electron chi connectivity index (χ0n) is 6.14. The highest BCUT2D eigenvalue weighted by atomic mass is 32.1. The standard InChI is InChI=1S/C7H6BNO2S/c10-8(11)5-1-2-6-7(3-5)12-4-9-6/h1-4,10-11H. The molecule has 2 aromatic rings. The molecule has 0 fully saturated rings. The summed E-state index contributed by atoms with van der Waals surface area (Å²) in [4.78, 5) is 4.07. The van der Waals surface area contributed by atoms with Gasteiger partial charge in [-0.1, -0.05) is 6.07 Å². The second-order valence-corrected chi connectivity index (χ2v) is 3.34. The van der Waals surface area contributed by atoms with Crippen molar-refractivity contribution in [2.24, 2.45) is 0 Å². The molecule has 2 N–H and O–H groups in total. The van der Waals surface area contributed by atoms with Gasteiger partial charge in [-0.3, -0.25) is 0 Å². The molecule has 1 heterocycles. The van der Waals surface area contributed by atoms with Gasteiger partial charge in [-0.05, 0) is 17.6 Å². The van der Waals surface area contributed by atoms with Crippen LogP contribution in [0.1, 0.15) is 0 Å². The molecule has 0 saturated heterocycles. The third-order valence-corrected chi connectivity index (χ3v) is 2.45. The van der Waals surface area contributed by atoms with Crippen LogP contribution in [0.5, 0.6) is 0 Å². The fourth-order valence-corrected chi connectivity index (χ4v) is 1.76. The maximum atomic E-state index is 8.86. The third-order valence-electron chi connectivity index (χ3n) is 1.65. The minimum Gasteiger partial charge on any atom is -0.423 e. The molecule has 3 nitrogen and oxygen atoms in total. The fourth-order valence-electron chi connectivity index (χ4n) is 1.03. The normalized spacial score (nSPS) is 10.5. The monoisotopic (exact) mass is 179 g/mol. The molecule has 12 heavy (non-hydrogen) atoms. The Hall–Kier alpha value is -0.905. The van der Waals surface area contributed by atoms with Crippen LogP contribution in [0.2, 0.25) is 0 Å². The molecular formula is C7H6BNO2S. The lowest BCUT2D eigenvalue weighted by atomic mass is 9.80. The van der Waals surface area contributed by atoms with E-state index in [1.807, 2.05) is 0 Å². The Bertz CT molecular complexity index is 401. The number of nitrogens with zero attached hydrogens (tertiary/aromatic N) is 1. The van der Waals surface area contributed by atoms with Crippen molar-refractivity contribution >= 4 is 34.1 Å². The van der Waals surface area contributed by atoms with Crippen molar-refractivity contribution in [3.8, 4) is 0 Å². The van der Waals surface area contributed by atoms with E-state index in [2.05, 4.69) is 4.98 Å². The van der Waals surface area contributed by atoms with Gasteiger partial charge < -0.3 is 10.0 Å². The maximum absolute atomic E-state index is 8.86. The van der Waals surface area contributed by atoms with Crippen LogP contribution in [0.25, 0.3) is 10.2 Å². The zero-order chi connectivity index (χ0) is 8.55. The van der Waals surface area contributed by atoms with Crippen LogP contribution in [0.4, 0.5) is 0 Å². The predicted molar refractivity (Wildman–Crippen MR) is 49.4 cm³/mol. The van der Waals surface area contributed by atoms with Crippen LogP contribution in [0, 0.1) is 0 Å². The number of hydrogen-bond acceptors (Lipinski definition) is 4. The quantitative estimate of drug-likeness (QED) is 0.604. The van der Waals surface area contributed by atoms with Crippen LogP contribution in [-0.2, 0) is 0 Å². The van der Waals surface area contributed by atoms with E-state index in [1.54, 1.807) is 23.7 Å². The number of thiazole rings is 1. The first-order chi connectivity index (χ1) is 5.77. The van der Waals surface area contributed by atoms with Crippen molar-refractivity contribution in [3.63, 3.8) is 0 Å². The molecule has 60 valence electrons. The largest absolute Gasteiger partial charge is 0.488 e. The van der Waals surface area contributed by atoms with E-state index in [0.29, 0.717) is 5.46 Å². The molecule has 5 heteroatoms. The fraction of sp³-hybridized carbons (Fsp3) is 0. The van der Waals surface area contributed by atoms with Crippen LogP contribution < -0.4 is 5.46 Å². The minimum atomic E-state index is -1.39.